The van der Waals surface area contributed by atoms with Crippen molar-refractivity contribution in [3.63, 3.8) is 0 Å². The van der Waals surface area contributed by atoms with E-state index in [-0.39, 0.29) is 24.9 Å². The molecule has 5 N–H and O–H groups in total. The molecule has 0 spiro atoms. The van der Waals surface area contributed by atoms with Crippen LogP contribution in [0.15, 0.2) is 36.7 Å². The predicted molar refractivity (Wildman–Crippen MR) is 106 cm³/mol. The number of carbonyl (C=O) groups excluding carboxylic acids is 1. The highest BCUT2D eigenvalue weighted by Gasteiger charge is 2.24. The molecule has 0 aliphatic heterocycles. The summed E-state index contributed by atoms with van der Waals surface area (Å²) in [6.07, 6.45) is 4.98. The lowest BCUT2D eigenvalue weighted by molar-refractivity contribution is -0.122. The van der Waals surface area contributed by atoms with Crippen LogP contribution in [0.5, 0.6) is 0 Å². The molecule has 2 aromatic rings. The molecule has 1 amide bonds. The molecule has 0 radical (unpaired) electrons. The van der Waals surface area contributed by atoms with Crippen molar-refractivity contribution in [1.29, 1.82) is 0 Å². The Hall–Kier alpha value is -1.94. The highest BCUT2D eigenvalue weighted by Crippen LogP contribution is 2.04. The number of aromatic nitrogens is 3. The largest absolute Gasteiger partial charge is 0.475 e. The standard InChI is InChI=1S/C17H26BN5O3.ClH/c19-11-5-4-8-15(18(25)26)21-17(24)12-23-13-20-16(22-23)10-9-14-6-2-1-3-7-14;/h1-3,6-7,13,15,25-26H,4-5,8-12,19H2,(H,21,24);1H. The lowest BCUT2D eigenvalue weighted by Crippen LogP contribution is -2.47. The maximum absolute atomic E-state index is 12.1. The third kappa shape index (κ3) is 8.53. The Morgan fingerprint density at radius 1 is 1.22 bits per heavy atom. The second-order valence-electron chi connectivity index (χ2n) is 6.22. The Kier molecular flexibility index (Phi) is 10.7. The predicted octanol–water partition coefficient (Wildman–Crippen LogP) is 0.111. The number of nitrogens with zero attached hydrogens (tertiary/aromatic N) is 3. The molecule has 1 aromatic carbocycles. The Balaban J connectivity index is 0.00000364. The summed E-state index contributed by atoms with van der Waals surface area (Å²) in [5.74, 6) is -0.381. The van der Waals surface area contributed by atoms with Gasteiger partial charge in [0, 0.05) is 6.42 Å². The van der Waals surface area contributed by atoms with E-state index in [1.54, 1.807) is 0 Å². The van der Waals surface area contributed by atoms with Gasteiger partial charge in [-0.15, -0.1) is 12.4 Å². The van der Waals surface area contributed by atoms with Gasteiger partial charge in [0.2, 0.25) is 5.91 Å². The minimum absolute atomic E-state index is 0. The van der Waals surface area contributed by atoms with Crippen LogP contribution in [-0.4, -0.2) is 50.3 Å². The first kappa shape index (κ1) is 23.1. The van der Waals surface area contributed by atoms with Gasteiger partial charge >= 0.3 is 7.12 Å². The molecule has 10 heteroatoms. The van der Waals surface area contributed by atoms with Crippen molar-refractivity contribution < 1.29 is 14.8 Å². The van der Waals surface area contributed by atoms with Crippen LogP contribution in [0.2, 0.25) is 0 Å². The minimum atomic E-state index is -1.60. The molecule has 0 fully saturated rings. The average molecular weight is 396 g/mol. The van der Waals surface area contributed by atoms with E-state index in [4.69, 9.17) is 5.73 Å². The third-order valence-corrected chi connectivity index (χ3v) is 4.05. The molecule has 8 nitrogen and oxygen atoms in total. The summed E-state index contributed by atoms with van der Waals surface area (Å²) in [5.41, 5.74) is 6.63. The van der Waals surface area contributed by atoms with E-state index in [0.29, 0.717) is 31.6 Å². The van der Waals surface area contributed by atoms with Crippen molar-refractivity contribution >= 4 is 25.4 Å². The molecule has 0 aliphatic carbocycles. The minimum Gasteiger partial charge on any atom is -0.426 e. The molecule has 148 valence electrons. The quantitative estimate of drug-likeness (QED) is 0.316. The van der Waals surface area contributed by atoms with Crippen molar-refractivity contribution in [2.24, 2.45) is 5.73 Å². The molecule has 0 saturated carbocycles. The van der Waals surface area contributed by atoms with Crippen LogP contribution in [0.4, 0.5) is 0 Å². The van der Waals surface area contributed by atoms with Gasteiger partial charge in [-0.3, -0.25) is 4.79 Å². The van der Waals surface area contributed by atoms with E-state index in [1.807, 2.05) is 18.2 Å². The maximum atomic E-state index is 12.1. The molecule has 27 heavy (non-hydrogen) atoms. The first-order valence-corrected chi connectivity index (χ1v) is 8.86. The SMILES string of the molecule is Cl.NCCCCC(NC(=O)Cn1cnc(CCc2ccccc2)n1)B(O)O. The number of carbonyl (C=O) groups is 1. The first-order chi connectivity index (χ1) is 12.6. The van der Waals surface area contributed by atoms with Crippen molar-refractivity contribution in [3.05, 3.63) is 48.0 Å². The lowest BCUT2D eigenvalue weighted by Gasteiger charge is -2.17. The number of nitrogens with two attached hydrogens (primary N) is 1. The summed E-state index contributed by atoms with van der Waals surface area (Å²) < 4.78 is 1.45. The number of benzene rings is 1. The second-order valence-corrected chi connectivity index (χ2v) is 6.22. The Bertz CT molecular complexity index is 672. The molecular weight excluding hydrogens is 368 g/mol. The van der Waals surface area contributed by atoms with Gasteiger partial charge in [0.25, 0.3) is 0 Å². The normalized spacial score (nSPS) is 11.5. The van der Waals surface area contributed by atoms with Crippen molar-refractivity contribution in [2.75, 3.05) is 6.54 Å². The maximum Gasteiger partial charge on any atom is 0.475 e. The Labute approximate surface area is 165 Å². The fourth-order valence-electron chi connectivity index (χ4n) is 2.63. The van der Waals surface area contributed by atoms with Crippen LogP contribution in [0.3, 0.4) is 0 Å². The fourth-order valence-corrected chi connectivity index (χ4v) is 2.63. The summed E-state index contributed by atoms with van der Waals surface area (Å²) in [4.78, 5) is 16.3. The van der Waals surface area contributed by atoms with Crippen LogP contribution in [0.25, 0.3) is 0 Å². The molecule has 1 heterocycles. The summed E-state index contributed by atoms with van der Waals surface area (Å²) >= 11 is 0. The van der Waals surface area contributed by atoms with Gasteiger partial charge < -0.3 is 21.1 Å². The topological polar surface area (TPSA) is 126 Å². The summed E-state index contributed by atoms with van der Waals surface area (Å²) in [7, 11) is -1.60. The van der Waals surface area contributed by atoms with Crippen LogP contribution >= 0.6 is 12.4 Å². The van der Waals surface area contributed by atoms with Gasteiger partial charge in [-0.2, -0.15) is 5.10 Å². The molecule has 1 unspecified atom stereocenters. The number of nitrogens with one attached hydrogen (secondary N) is 1. The summed E-state index contributed by atoms with van der Waals surface area (Å²) in [6.45, 7) is 0.519. The zero-order valence-electron chi connectivity index (χ0n) is 15.2. The fraction of sp³-hybridized carbons (Fsp3) is 0.471. The van der Waals surface area contributed by atoms with E-state index in [0.717, 1.165) is 12.8 Å². The van der Waals surface area contributed by atoms with Crippen molar-refractivity contribution in [2.45, 2.75) is 44.6 Å². The second kappa shape index (κ2) is 12.5. The Morgan fingerprint density at radius 3 is 2.63 bits per heavy atom. The van der Waals surface area contributed by atoms with Gasteiger partial charge in [0.05, 0.1) is 5.94 Å². The van der Waals surface area contributed by atoms with E-state index in [9.17, 15) is 14.8 Å². The average Bonchev–Trinajstić information content (AvgIpc) is 3.07. The highest BCUT2D eigenvalue weighted by atomic mass is 35.5. The molecular formula is C17H27BClN5O3. The van der Waals surface area contributed by atoms with Crippen LogP contribution in [0.1, 0.15) is 30.7 Å². The number of halogens is 1. The molecule has 0 aliphatic rings. The summed E-state index contributed by atoms with van der Waals surface area (Å²) in [5, 5.41) is 25.7. The van der Waals surface area contributed by atoms with Crippen molar-refractivity contribution in [3.8, 4) is 0 Å². The number of amides is 1. The van der Waals surface area contributed by atoms with E-state index in [2.05, 4.69) is 27.5 Å². The van der Waals surface area contributed by atoms with Gasteiger partial charge in [0.15, 0.2) is 5.82 Å². The molecule has 1 atom stereocenters. The molecule has 0 saturated heterocycles. The van der Waals surface area contributed by atoms with Gasteiger partial charge in [0.1, 0.15) is 12.9 Å². The lowest BCUT2D eigenvalue weighted by atomic mass is 9.76. The molecule has 2 rings (SSSR count). The molecule has 0 bridgehead atoms. The zero-order chi connectivity index (χ0) is 18.8. The monoisotopic (exact) mass is 395 g/mol. The number of hydrogen-bond acceptors (Lipinski definition) is 6. The number of unbranched alkanes of at least 4 members (excludes halogenated alkanes) is 1. The zero-order valence-corrected chi connectivity index (χ0v) is 16.0. The third-order valence-electron chi connectivity index (χ3n) is 4.05. The number of hydrogen-bond donors (Lipinski definition) is 4. The van der Waals surface area contributed by atoms with Gasteiger partial charge in [-0.25, -0.2) is 9.67 Å². The van der Waals surface area contributed by atoms with Crippen molar-refractivity contribution in [1.82, 2.24) is 20.1 Å². The smallest absolute Gasteiger partial charge is 0.426 e. The highest BCUT2D eigenvalue weighted by molar-refractivity contribution is 6.43. The Morgan fingerprint density at radius 2 is 1.96 bits per heavy atom. The first-order valence-electron chi connectivity index (χ1n) is 8.86. The van der Waals surface area contributed by atoms with E-state index in [1.165, 1.54) is 16.6 Å². The van der Waals surface area contributed by atoms with Gasteiger partial charge in [-0.1, -0.05) is 36.8 Å². The molecule has 1 aromatic heterocycles. The van der Waals surface area contributed by atoms with Gasteiger partial charge in [-0.05, 0) is 31.4 Å². The van der Waals surface area contributed by atoms with E-state index >= 15 is 0 Å². The number of aryl methyl sites for hydroxylation is 2. The van der Waals surface area contributed by atoms with Crippen LogP contribution in [0, 0.1) is 0 Å². The van der Waals surface area contributed by atoms with Crippen LogP contribution in [-0.2, 0) is 24.2 Å². The summed E-state index contributed by atoms with van der Waals surface area (Å²) in [6, 6.07) is 10.1. The van der Waals surface area contributed by atoms with Crippen LogP contribution < -0.4 is 11.1 Å². The number of rotatable bonds is 11. The van der Waals surface area contributed by atoms with E-state index < -0.39 is 13.1 Å².